The van der Waals surface area contributed by atoms with Crippen molar-refractivity contribution in [3.8, 4) is 0 Å². The lowest BCUT2D eigenvalue weighted by Crippen LogP contribution is -2.37. The van der Waals surface area contributed by atoms with Gasteiger partial charge in [0.05, 0.1) is 24.9 Å². The highest BCUT2D eigenvalue weighted by Crippen LogP contribution is 2.23. The minimum absolute atomic E-state index is 0.162. The molecule has 4 nitrogen and oxygen atoms in total. The predicted molar refractivity (Wildman–Crippen MR) is 67.0 cm³/mol. The van der Waals surface area contributed by atoms with Crippen LogP contribution in [-0.2, 0) is 0 Å². The monoisotopic (exact) mass is 255 g/mol. The van der Waals surface area contributed by atoms with E-state index in [2.05, 4.69) is 5.32 Å². The van der Waals surface area contributed by atoms with Crippen molar-refractivity contribution in [3.63, 3.8) is 0 Å². The molecule has 0 radical (unpaired) electrons. The van der Waals surface area contributed by atoms with Crippen LogP contribution in [0.2, 0.25) is 0 Å². The maximum absolute atomic E-state index is 9.80. The van der Waals surface area contributed by atoms with Gasteiger partial charge in [-0.1, -0.05) is 18.2 Å². The summed E-state index contributed by atoms with van der Waals surface area (Å²) in [5.41, 5.74) is 0. The molecule has 0 aliphatic carbocycles. The van der Waals surface area contributed by atoms with E-state index in [0.29, 0.717) is 5.75 Å². The van der Waals surface area contributed by atoms with E-state index in [-0.39, 0.29) is 12.6 Å². The summed E-state index contributed by atoms with van der Waals surface area (Å²) < 4.78 is 0. The number of nitrogens with one attached hydrogen (secondary N) is 1. The largest absolute Gasteiger partial charge is 0.395 e. The molecule has 0 spiro atoms. The van der Waals surface area contributed by atoms with Crippen molar-refractivity contribution in [1.29, 1.82) is 0 Å². The van der Waals surface area contributed by atoms with Crippen molar-refractivity contribution < 1.29 is 15.3 Å². The zero-order valence-electron chi connectivity index (χ0n) is 9.36. The molecular weight excluding hydrogens is 238 g/mol. The number of thioether (sulfide) groups is 1. The van der Waals surface area contributed by atoms with Gasteiger partial charge in [0.25, 0.3) is 0 Å². The van der Waals surface area contributed by atoms with E-state index < -0.39 is 18.2 Å². The molecule has 0 saturated carbocycles. The second-order valence-electron chi connectivity index (χ2n) is 4.17. The molecule has 1 aliphatic heterocycles. The Morgan fingerprint density at radius 3 is 2.29 bits per heavy atom. The highest BCUT2D eigenvalue weighted by atomic mass is 32.2. The first-order valence-corrected chi connectivity index (χ1v) is 6.62. The molecule has 4 atom stereocenters. The Hall–Kier alpha value is -0.590. The van der Waals surface area contributed by atoms with E-state index in [4.69, 9.17) is 5.11 Å². The normalized spacial score (nSPS) is 32.9. The van der Waals surface area contributed by atoms with Crippen LogP contribution >= 0.6 is 11.8 Å². The fourth-order valence-corrected chi connectivity index (χ4v) is 2.97. The molecule has 1 saturated heterocycles. The summed E-state index contributed by atoms with van der Waals surface area (Å²) in [7, 11) is 0. The molecule has 2 rings (SSSR count). The fraction of sp³-hybridized carbons (Fsp3) is 0.500. The van der Waals surface area contributed by atoms with Crippen LogP contribution in [0.4, 0.5) is 0 Å². The zero-order valence-corrected chi connectivity index (χ0v) is 10.2. The van der Waals surface area contributed by atoms with E-state index >= 15 is 0 Å². The smallest absolute Gasteiger partial charge is 0.0989 e. The summed E-state index contributed by atoms with van der Waals surface area (Å²) in [6.45, 7) is -0.162. The van der Waals surface area contributed by atoms with Gasteiger partial charge in [0.2, 0.25) is 0 Å². The van der Waals surface area contributed by atoms with Gasteiger partial charge in [-0.15, -0.1) is 11.8 Å². The zero-order chi connectivity index (χ0) is 12.3. The molecule has 1 aliphatic rings. The van der Waals surface area contributed by atoms with Crippen LogP contribution in [0, 0.1) is 0 Å². The lowest BCUT2D eigenvalue weighted by Gasteiger charge is -2.15. The van der Waals surface area contributed by atoms with Crippen LogP contribution in [0.3, 0.4) is 0 Å². The van der Waals surface area contributed by atoms with E-state index in [1.54, 1.807) is 11.8 Å². The van der Waals surface area contributed by atoms with Crippen LogP contribution in [-0.4, -0.2) is 52.0 Å². The first-order chi connectivity index (χ1) is 8.22. The Kier molecular flexibility index (Phi) is 4.42. The van der Waals surface area contributed by atoms with Gasteiger partial charge in [0.1, 0.15) is 0 Å². The van der Waals surface area contributed by atoms with E-state index in [1.165, 1.54) is 0 Å². The van der Waals surface area contributed by atoms with Gasteiger partial charge in [0.15, 0.2) is 0 Å². The van der Waals surface area contributed by atoms with Crippen LogP contribution in [0.5, 0.6) is 0 Å². The second-order valence-corrected chi connectivity index (χ2v) is 5.26. The Bertz CT molecular complexity index is 349. The molecule has 1 aromatic rings. The maximum atomic E-state index is 9.80. The highest BCUT2D eigenvalue weighted by Gasteiger charge is 2.40. The summed E-state index contributed by atoms with van der Waals surface area (Å²) in [5.74, 6) is 0.665. The predicted octanol–water partition coefficient (Wildman–Crippen LogP) is -0.167. The first kappa shape index (κ1) is 12.9. The molecular formula is C12H17NO3S. The van der Waals surface area contributed by atoms with Gasteiger partial charge in [-0.2, -0.15) is 0 Å². The number of benzene rings is 1. The van der Waals surface area contributed by atoms with Crippen LogP contribution < -0.4 is 5.32 Å². The van der Waals surface area contributed by atoms with E-state index in [0.717, 1.165) is 4.90 Å². The lowest BCUT2D eigenvalue weighted by molar-refractivity contribution is 0.0219. The third kappa shape index (κ3) is 3.00. The van der Waals surface area contributed by atoms with Crippen molar-refractivity contribution in [3.05, 3.63) is 30.3 Å². The van der Waals surface area contributed by atoms with E-state index in [9.17, 15) is 10.2 Å². The summed E-state index contributed by atoms with van der Waals surface area (Å²) >= 11 is 1.62. The molecule has 17 heavy (non-hydrogen) atoms. The molecule has 4 N–H and O–H groups in total. The van der Waals surface area contributed by atoms with Crippen LogP contribution in [0.25, 0.3) is 0 Å². The average molecular weight is 255 g/mol. The quantitative estimate of drug-likeness (QED) is 0.562. The Morgan fingerprint density at radius 1 is 1.06 bits per heavy atom. The number of rotatable bonds is 4. The first-order valence-electron chi connectivity index (χ1n) is 5.63. The molecule has 1 unspecified atom stereocenters. The maximum Gasteiger partial charge on any atom is 0.0989 e. The number of hydrogen-bond acceptors (Lipinski definition) is 5. The Labute approximate surface area is 105 Å². The minimum atomic E-state index is -0.888. The topological polar surface area (TPSA) is 72.7 Å². The number of aliphatic hydroxyl groups excluding tert-OH is 3. The van der Waals surface area contributed by atoms with Crippen LogP contribution in [0.1, 0.15) is 0 Å². The molecule has 94 valence electrons. The summed E-state index contributed by atoms with van der Waals surface area (Å²) in [6, 6.07) is 9.29. The summed E-state index contributed by atoms with van der Waals surface area (Å²) in [5, 5.41) is 31.5. The van der Waals surface area contributed by atoms with E-state index in [1.807, 2.05) is 30.3 Å². The minimum Gasteiger partial charge on any atom is -0.395 e. The van der Waals surface area contributed by atoms with Gasteiger partial charge in [0, 0.05) is 16.7 Å². The standard InChI is InChI=1S/C12H17NO3S/c14-6-9-11(15)12(16)10(13-9)7-17-8-4-2-1-3-5-8/h1-5,9-16H,6-7H2/t9-,10+,11+,12?/m1/s1. The van der Waals surface area contributed by atoms with Gasteiger partial charge in [-0.3, -0.25) is 0 Å². The summed E-state index contributed by atoms with van der Waals surface area (Å²) in [4.78, 5) is 1.13. The van der Waals surface area contributed by atoms with Crippen LogP contribution in [0.15, 0.2) is 35.2 Å². The molecule has 1 fully saturated rings. The Balaban J connectivity index is 1.88. The number of hydrogen-bond donors (Lipinski definition) is 4. The van der Waals surface area contributed by atoms with Crippen molar-refractivity contribution in [2.45, 2.75) is 29.2 Å². The molecule has 0 aromatic heterocycles. The molecule has 1 heterocycles. The third-order valence-corrected chi connectivity index (χ3v) is 4.10. The molecule has 0 bridgehead atoms. The van der Waals surface area contributed by atoms with Gasteiger partial charge < -0.3 is 20.6 Å². The van der Waals surface area contributed by atoms with Crippen molar-refractivity contribution in [2.24, 2.45) is 0 Å². The highest BCUT2D eigenvalue weighted by molar-refractivity contribution is 7.99. The third-order valence-electron chi connectivity index (χ3n) is 2.97. The van der Waals surface area contributed by atoms with Crippen molar-refractivity contribution >= 4 is 11.8 Å². The molecule has 1 aromatic carbocycles. The average Bonchev–Trinajstić information content (AvgIpc) is 2.65. The number of aliphatic hydroxyl groups is 3. The fourth-order valence-electron chi connectivity index (χ4n) is 1.96. The van der Waals surface area contributed by atoms with Crippen molar-refractivity contribution in [2.75, 3.05) is 12.4 Å². The second kappa shape index (κ2) is 5.84. The van der Waals surface area contributed by atoms with Gasteiger partial charge >= 0.3 is 0 Å². The van der Waals surface area contributed by atoms with Gasteiger partial charge in [-0.25, -0.2) is 0 Å². The van der Waals surface area contributed by atoms with Gasteiger partial charge in [-0.05, 0) is 12.1 Å². The molecule has 0 amide bonds. The lowest BCUT2D eigenvalue weighted by atomic mass is 10.1. The Morgan fingerprint density at radius 2 is 1.71 bits per heavy atom. The molecule has 5 heteroatoms. The van der Waals surface area contributed by atoms with Crippen molar-refractivity contribution in [1.82, 2.24) is 5.32 Å². The SMILES string of the molecule is OC[C@H]1N[C@@H](CSc2ccccc2)C(O)[C@H]1O. The summed E-state index contributed by atoms with van der Waals surface area (Å²) in [6.07, 6.45) is -1.70.